The van der Waals surface area contributed by atoms with E-state index < -0.39 is 0 Å². The van der Waals surface area contributed by atoms with Gasteiger partial charge in [-0.15, -0.1) is 0 Å². The van der Waals surface area contributed by atoms with Crippen LogP contribution in [0.5, 0.6) is 0 Å². The number of aryl methyl sites for hydroxylation is 1. The van der Waals surface area contributed by atoms with E-state index in [-0.39, 0.29) is 11.9 Å². The Morgan fingerprint density at radius 1 is 1.15 bits per heavy atom. The zero-order valence-corrected chi connectivity index (χ0v) is 15.9. The maximum absolute atomic E-state index is 12.1. The first-order valence-corrected chi connectivity index (χ1v) is 9.78. The number of hydrogen-bond donors (Lipinski definition) is 2. The summed E-state index contributed by atoms with van der Waals surface area (Å²) in [5.41, 5.74) is 3.30. The quantitative estimate of drug-likeness (QED) is 0.600. The molecule has 1 aliphatic rings. The van der Waals surface area contributed by atoms with Gasteiger partial charge < -0.3 is 15.4 Å². The molecule has 26 heavy (non-hydrogen) atoms. The van der Waals surface area contributed by atoms with Crippen LogP contribution in [-0.4, -0.2) is 18.2 Å². The van der Waals surface area contributed by atoms with Gasteiger partial charge in [0, 0.05) is 16.2 Å². The second-order valence-electron chi connectivity index (χ2n) is 6.99. The summed E-state index contributed by atoms with van der Waals surface area (Å²) in [4.78, 5) is 25.6. The lowest BCUT2D eigenvalue weighted by atomic mass is 10.0. The Hall–Kier alpha value is -2.27. The summed E-state index contributed by atoms with van der Waals surface area (Å²) in [5.74, 6) is 0.297. The van der Waals surface area contributed by atoms with E-state index in [1.807, 2.05) is 26.0 Å². The summed E-state index contributed by atoms with van der Waals surface area (Å²) in [5, 5.41) is 6.28. The van der Waals surface area contributed by atoms with Crippen molar-refractivity contribution in [3.8, 4) is 0 Å². The van der Waals surface area contributed by atoms with Gasteiger partial charge in [0.2, 0.25) is 5.91 Å². The highest BCUT2D eigenvalue weighted by atomic mass is 32.2. The van der Waals surface area contributed by atoms with Crippen LogP contribution < -0.4 is 10.6 Å². The van der Waals surface area contributed by atoms with Crippen LogP contribution in [-0.2, 0) is 16.0 Å². The van der Waals surface area contributed by atoms with E-state index in [0.717, 1.165) is 23.2 Å². The van der Waals surface area contributed by atoms with Crippen LogP contribution in [0.2, 0.25) is 0 Å². The molecule has 0 radical (unpaired) electrons. The fourth-order valence-electron chi connectivity index (χ4n) is 3.03. The van der Waals surface area contributed by atoms with Crippen LogP contribution in [0.3, 0.4) is 0 Å². The first-order valence-electron chi connectivity index (χ1n) is 8.96. The van der Waals surface area contributed by atoms with E-state index in [2.05, 4.69) is 41.0 Å². The Labute approximate surface area is 158 Å². The molecule has 136 valence electrons. The molecule has 2 aromatic rings. The summed E-state index contributed by atoms with van der Waals surface area (Å²) < 4.78 is 0. The molecular weight excluding hydrogens is 344 g/mol. The number of benzene rings is 2. The van der Waals surface area contributed by atoms with E-state index in [4.69, 9.17) is 0 Å². The second kappa shape index (κ2) is 8.41. The van der Waals surface area contributed by atoms with Gasteiger partial charge in [0.05, 0.1) is 17.4 Å². The fraction of sp³-hybridized carbons (Fsp3) is 0.333. The van der Waals surface area contributed by atoms with Crippen LogP contribution in [0, 0.1) is 5.92 Å². The van der Waals surface area contributed by atoms with Crippen molar-refractivity contribution in [3.63, 3.8) is 0 Å². The van der Waals surface area contributed by atoms with Gasteiger partial charge in [-0.1, -0.05) is 43.8 Å². The minimum absolute atomic E-state index is 0.0758. The van der Waals surface area contributed by atoms with Crippen molar-refractivity contribution in [3.05, 3.63) is 48.0 Å². The standard InChI is InChI=1S/C21H24N2O2S/c1-14(2)11-16(13-24)22-21(25)10-8-15-7-9-20-18(12-15)23-17-5-3-4-6-19(17)26-20/h3-7,9,12-14,16,23H,8,10-11H2,1-2H3,(H,22,25)/t16-/m0/s1. The number of carbonyl (C=O) groups excluding carboxylic acids is 2. The van der Waals surface area contributed by atoms with E-state index in [1.54, 1.807) is 11.8 Å². The van der Waals surface area contributed by atoms with Gasteiger partial charge in [0.15, 0.2) is 0 Å². The molecule has 0 fully saturated rings. The Morgan fingerprint density at radius 3 is 2.69 bits per heavy atom. The van der Waals surface area contributed by atoms with E-state index in [9.17, 15) is 9.59 Å². The van der Waals surface area contributed by atoms with Crippen LogP contribution in [0.1, 0.15) is 32.3 Å². The van der Waals surface area contributed by atoms with Crippen molar-refractivity contribution < 1.29 is 9.59 Å². The van der Waals surface area contributed by atoms with Gasteiger partial charge in [-0.05, 0) is 48.6 Å². The minimum Gasteiger partial charge on any atom is -0.354 e. The molecule has 2 N–H and O–H groups in total. The lowest BCUT2D eigenvalue weighted by Crippen LogP contribution is -2.37. The Balaban J connectivity index is 1.58. The third-order valence-electron chi connectivity index (χ3n) is 4.30. The molecule has 0 spiro atoms. The maximum atomic E-state index is 12.1. The summed E-state index contributed by atoms with van der Waals surface area (Å²) in [6, 6.07) is 14.1. The second-order valence-corrected chi connectivity index (χ2v) is 8.08. The van der Waals surface area contributed by atoms with E-state index in [1.165, 1.54) is 9.79 Å². The summed E-state index contributed by atoms with van der Waals surface area (Å²) in [6.45, 7) is 4.08. The Kier molecular flexibility index (Phi) is 5.99. The third-order valence-corrected chi connectivity index (χ3v) is 5.45. The fourth-order valence-corrected chi connectivity index (χ4v) is 4.00. The normalized spacial score (nSPS) is 13.3. The van der Waals surface area contributed by atoms with Gasteiger partial charge in [-0.25, -0.2) is 0 Å². The molecule has 1 amide bonds. The largest absolute Gasteiger partial charge is 0.354 e. The van der Waals surface area contributed by atoms with Crippen molar-refractivity contribution >= 4 is 35.3 Å². The molecule has 3 rings (SSSR count). The van der Waals surface area contributed by atoms with E-state index >= 15 is 0 Å². The van der Waals surface area contributed by atoms with Gasteiger partial charge >= 0.3 is 0 Å². The number of fused-ring (bicyclic) bond motifs is 2. The zero-order valence-electron chi connectivity index (χ0n) is 15.1. The van der Waals surface area contributed by atoms with Crippen molar-refractivity contribution in [2.75, 3.05) is 5.32 Å². The molecule has 0 saturated carbocycles. The molecule has 4 nitrogen and oxygen atoms in total. The average Bonchev–Trinajstić information content (AvgIpc) is 2.63. The lowest BCUT2D eigenvalue weighted by Gasteiger charge is -2.21. The molecule has 0 aliphatic carbocycles. The smallest absolute Gasteiger partial charge is 0.220 e. The van der Waals surface area contributed by atoms with E-state index in [0.29, 0.717) is 25.2 Å². The molecule has 0 aromatic heterocycles. The molecule has 0 bridgehead atoms. The topological polar surface area (TPSA) is 58.2 Å². The highest BCUT2D eigenvalue weighted by Crippen LogP contribution is 2.44. The van der Waals surface area contributed by atoms with Crippen molar-refractivity contribution in [2.45, 2.75) is 48.9 Å². The first kappa shape index (κ1) is 18.5. The predicted octanol–water partition coefficient (Wildman–Crippen LogP) is 4.56. The monoisotopic (exact) mass is 368 g/mol. The number of carbonyl (C=O) groups is 2. The summed E-state index contributed by atoms with van der Waals surface area (Å²) >= 11 is 1.75. The lowest BCUT2D eigenvalue weighted by molar-refractivity contribution is -0.124. The van der Waals surface area contributed by atoms with Gasteiger partial charge in [-0.2, -0.15) is 0 Å². The summed E-state index contributed by atoms with van der Waals surface area (Å²) in [6.07, 6.45) is 2.54. The molecule has 1 aliphatic heterocycles. The summed E-state index contributed by atoms with van der Waals surface area (Å²) in [7, 11) is 0. The van der Waals surface area contributed by atoms with Gasteiger partial charge in [0.25, 0.3) is 0 Å². The van der Waals surface area contributed by atoms with Crippen molar-refractivity contribution in [2.24, 2.45) is 5.92 Å². The highest BCUT2D eigenvalue weighted by Gasteiger charge is 2.16. The highest BCUT2D eigenvalue weighted by molar-refractivity contribution is 7.99. The first-order chi connectivity index (χ1) is 12.5. The van der Waals surface area contributed by atoms with Crippen molar-refractivity contribution in [1.29, 1.82) is 0 Å². The van der Waals surface area contributed by atoms with Crippen LogP contribution >= 0.6 is 11.8 Å². The number of anilines is 2. The molecular formula is C21H24N2O2S. The third kappa shape index (κ3) is 4.67. The number of nitrogens with one attached hydrogen (secondary N) is 2. The van der Waals surface area contributed by atoms with Gasteiger partial charge in [0.1, 0.15) is 6.29 Å². The minimum atomic E-state index is -0.388. The van der Waals surface area contributed by atoms with Crippen molar-refractivity contribution in [1.82, 2.24) is 5.32 Å². The van der Waals surface area contributed by atoms with Crippen LogP contribution in [0.25, 0.3) is 0 Å². The SMILES string of the molecule is CC(C)C[C@@H](C=O)NC(=O)CCc1ccc2c(c1)Nc1ccccc1S2. The number of rotatable bonds is 7. The predicted molar refractivity (Wildman–Crippen MR) is 106 cm³/mol. The number of para-hydroxylation sites is 1. The number of aldehydes is 1. The zero-order chi connectivity index (χ0) is 18.5. The molecule has 0 unspecified atom stereocenters. The molecule has 0 saturated heterocycles. The van der Waals surface area contributed by atoms with Crippen LogP contribution in [0.4, 0.5) is 11.4 Å². The van der Waals surface area contributed by atoms with Crippen LogP contribution in [0.15, 0.2) is 52.3 Å². The number of hydrogen-bond acceptors (Lipinski definition) is 4. The molecule has 1 atom stereocenters. The average molecular weight is 369 g/mol. The van der Waals surface area contributed by atoms with Gasteiger partial charge in [-0.3, -0.25) is 4.79 Å². The Morgan fingerprint density at radius 2 is 1.92 bits per heavy atom. The Bertz CT molecular complexity index is 804. The molecule has 2 aromatic carbocycles. The maximum Gasteiger partial charge on any atom is 0.220 e. The number of amides is 1. The molecule has 5 heteroatoms. The molecule has 1 heterocycles.